The van der Waals surface area contributed by atoms with Crippen LogP contribution in [0.15, 0.2) is 12.1 Å². The minimum atomic E-state index is -0.842. The highest BCUT2D eigenvalue weighted by molar-refractivity contribution is 5.33. The maximum Gasteiger partial charge on any atom is 0.129 e. The number of hydrogen-bond donors (Lipinski definition) is 1. The van der Waals surface area contributed by atoms with Crippen LogP contribution in [0.4, 0.5) is 4.39 Å². The molecule has 1 N–H and O–H groups in total. The van der Waals surface area contributed by atoms with E-state index in [9.17, 15) is 9.50 Å². The Kier molecular flexibility index (Phi) is 4.28. The van der Waals surface area contributed by atoms with E-state index in [4.69, 9.17) is 4.74 Å². The maximum atomic E-state index is 13.8. The maximum absolute atomic E-state index is 13.8. The quantitative estimate of drug-likeness (QED) is 0.875. The highest BCUT2D eigenvalue weighted by atomic mass is 19.1. The van der Waals surface area contributed by atoms with Crippen molar-refractivity contribution < 1.29 is 14.2 Å². The van der Waals surface area contributed by atoms with Crippen molar-refractivity contribution in [3.63, 3.8) is 0 Å². The third kappa shape index (κ3) is 3.51. The number of aryl methyl sites for hydroxylation is 2. The summed E-state index contributed by atoms with van der Waals surface area (Å²) in [7, 11) is 1.59. The molecule has 17 heavy (non-hydrogen) atoms. The molecule has 0 aromatic heterocycles. The van der Waals surface area contributed by atoms with Crippen LogP contribution in [-0.4, -0.2) is 17.8 Å². The van der Waals surface area contributed by atoms with Gasteiger partial charge < -0.3 is 9.84 Å². The number of aliphatic hydroxyl groups is 1. The molecule has 3 heteroatoms. The van der Waals surface area contributed by atoms with E-state index in [2.05, 4.69) is 0 Å². The Hall–Kier alpha value is -0.930. The summed E-state index contributed by atoms with van der Waals surface area (Å²) in [4.78, 5) is 0. The molecule has 0 spiro atoms. The van der Waals surface area contributed by atoms with Gasteiger partial charge in [0, 0.05) is 19.1 Å². The summed E-state index contributed by atoms with van der Waals surface area (Å²) < 4.78 is 19.1. The molecular formula is C14H21FO2. The van der Waals surface area contributed by atoms with Crippen molar-refractivity contribution in [2.75, 3.05) is 7.11 Å². The lowest BCUT2D eigenvalue weighted by molar-refractivity contribution is -0.0209. The Morgan fingerprint density at radius 2 is 1.94 bits per heavy atom. The monoisotopic (exact) mass is 240 g/mol. The summed E-state index contributed by atoms with van der Waals surface area (Å²) in [6, 6.07) is 3.33. The standard InChI is InChI=1S/C14H21FO2/c1-9-6-10(2)13(11(15)7-9)12(16)8-14(3,4)17-5/h6-7,12,16H,8H2,1-5H3. The van der Waals surface area contributed by atoms with Crippen LogP contribution in [0.25, 0.3) is 0 Å². The summed E-state index contributed by atoms with van der Waals surface area (Å²) in [6.07, 6.45) is -0.477. The minimum absolute atomic E-state index is 0.345. The number of rotatable bonds is 4. The average Bonchev–Trinajstić information content (AvgIpc) is 2.14. The van der Waals surface area contributed by atoms with E-state index in [0.29, 0.717) is 12.0 Å². The van der Waals surface area contributed by atoms with Crippen LogP contribution in [-0.2, 0) is 4.74 Å². The molecule has 0 aliphatic heterocycles. The molecule has 96 valence electrons. The Balaban J connectivity index is 3.01. The fraction of sp³-hybridized carbons (Fsp3) is 0.571. The van der Waals surface area contributed by atoms with Gasteiger partial charge in [-0.25, -0.2) is 4.39 Å². The van der Waals surface area contributed by atoms with Gasteiger partial charge in [0.15, 0.2) is 0 Å². The van der Waals surface area contributed by atoms with E-state index in [0.717, 1.165) is 11.1 Å². The van der Waals surface area contributed by atoms with Gasteiger partial charge in [0.2, 0.25) is 0 Å². The van der Waals surface area contributed by atoms with E-state index < -0.39 is 11.7 Å². The van der Waals surface area contributed by atoms with Crippen molar-refractivity contribution in [3.05, 3.63) is 34.6 Å². The van der Waals surface area contributed by atoms with Crippen molar-refractivity contribution in [3.8, 4) is 0 Å². The number of benzene rings is 1. The fourth-order valence-electron chi connectivity index (χ4n) is 2.00. The Labute approximate surface area is 102 Å². The van der Waals surface area contributed by atoms with E-state index in [1.54, 1.807) is 7.11 Å². The van der Waals surface area contributed by atoms with Crippen LogP contribution < -0.4 is 0 Å². The van der Waals surface area contributed by atoms with Gasteiger partial charge in [-0.2, -0.15) is 0 Å². The largest absolute Gasteiger partial charge is 0.388 e. The highest BCUT2D eigenvalue weighted by Gasteiger charge is 2.25. The van der Waals surface area contributed by atoms with Crippen molar-refractivity contribution in [2.24, 2.45) is 0 Å². The summed E-state index contributed by atoms with van der Waals surface area (Å²) >= 11 is 0. The molecule has 0 saturated carbocycles. The van der Waals surface area contributed by atoms with E-state index in [-0.39, 0.29) is 5.82 Å². The van der Waals surface area contributed by atoms with Gasteiger partial charge in [-0.15, -0.1) is 0 Å². The fourth-order valence-corrected chi connectivity index (χ4v) is 2.00. The van der Waals surface area contributed by atoms with Gasteiger partial charge >= 0.3 is 0 Å². The topological polar surface area (TPSA) is 29.5 Å². The molecule has 0 bridgehead atoms. The van der Waals surface area contributed by atoms with Crippen LogP contribution in [0.2, 0.25) is 0 Å². The number of methoxy groups -OCH3 is 1. The molecule has 0 amide bonds. The predicted molar refractivity (Wildman–Crippen MR) is 66.5 cm³/mol. The van der Waals surface area contributed by atoms with Crippen molar-refractivity contribution in [1.82, 2.24) is 0 Å². The molecule has 0 aliphatic rings. The second-order valence-corrected chi connectivity index (χ2v) is 5.16. The Bertz CT molecular complexity index is 376. The van der Waals surface area contributed by atoms with E-state index in [1.165, 1.54) is 6.07 Å². The number of ether oxygens (including phenoxy) is 1. The van der Waals surface area contributed by atoms with Crippen molar-refractivity contribution in [2.45, 2.75) is 45.8 Å². The zero-order valence-corrected chi connectivity index (χ0v) is 11.2. The molecule has 0 aliphatic carbocycles. The summed E-state index contributed by atoms with van der Waals surface area (Å²) in [5.41, 5.74) is 1.55. The molecule has 0 heterocycles. The Morgan fingerprint density at radius 1 is 1.35 bits per heavy atom. The lowest BCUT2D eigenvalue weighted by Gasteiger charge is -2.27. The van der Waals surface area contributed by atoms with E-state index >= 15 is 0 Å². The SMILES string of the molecule is COC(C)(C)CC(O)c1c(C)cc(C)cc1F. The first-order valence-electron chi connectivity index (χ1n) is 5.76. The first-order chi connectivity index (χ1) is 7.76. The zero-order valence-electron chi connectivity index (χ0n) is 11.2. The van der Waals surface area contributed by atoms with Crippen molar-refractivity contribution in [1.29, 1.82) is 0 Å². The molecule has 0 radical (unpaired) electrons. The first-order valence-corrected chi connectivity index (χ1v) is 5.76. The van der Waals surface area contributed by atoms with Gasteiger partial charge in [0.1, 0.15) is 5.82 Å². The predicted octanol–water partition coefficient (Wildman–Crippen LogP) is 3.29. The second kappa shape index (κ2) is 5.15. The van der Waals surface area contributed by atoms with Gasteiger partial charge in [0.05, 0.1) is 11.7 Å². The zero-order chi connectivity index (χ0) is 13.2. The molecule has 1 atom stereocenters. The van der Waals surface area contributed by atoms with Crippen LogP contribution in [0, 0.1) is 19.7 Å². The number of hydrogen-bond acceptors (Lipinski definition) is 2. The third-order valence-electron chi connectivity index (χ3n) is 3.05. The second-order valence-electron chi connectivity index (χ2n) is 5.16. The van der Waals surface area contributed by atoms with Gasteiger partial charge in [-0.1, -0.05) is 6.07 Å². The average molecular weight is 240 g/mol. The smallest absolute Gasteiger partial charge is 0.129 e. The minimum Gasteiger partial charge on any atom is -0.388 e. The highest BCUT2D eigenvalue weighted by Crippen LogP contribution is 2.30. The van der Waals surface area contributed by atoms with Gasteiger partial charge in [0.25, 0.3) is 0 Å². The van der Waals surface area contributed by atoms with E-state index in [1.807, 2.05) is 33.8 Å². The van der Waals surface area contributed by atoms with Crippen LogP contribution >= 0.6 is 0 Å². The van der Waals surface area contributed by atoms with Gasteiger partial charge in [-0.3, -0.25) is 0 Å². The van der Waals surface area contributed by atoms with Gasteiger partial charge in [-0.05, 0) is 44.9 Å². The molecule has 1 aromatic carbocycles. The molecule has 1 rings (SSSR count). The van der Waals surface area contributed by atoms with Crippen molar-refractivity contribution >= 4 is 0 Å². The molecule has 1 unspecified atom stereocenters. The lowest BCUT2D eigenvalue weighted by atomic mass is 9.92. The number of halogens is 1. The molecule has 0 saturated heterocycles. The summed E-state index contributed by atoms with van der Waals surface area (Å²) in [5.74, 6) is -0.345. The van der Waals surface area contributed by atoms with Crippen LogP contribution in [0.1, 0.15) is 43.1 Å². The molecular weight excluding hydrogens is 219 g/mol. The summed E-state index contributed by atoms with van der Waals surface area (Å²) in [6.45, 7) is 7.40. The Morgan fingerprint density at radius 3 is 2.41 bits per heavy atom. The lowest BCUT2D eigenvalue weighted by Crippen LogP contribution is -2.26. The first kappa shape index (κ1) is 14.1. The molecule has 0 fully saturated rings. The van der Waals surface area contributed by atoms with Crippen LogP contribution in [0.5, 0.6) is 0 Å². The molecule has 2 nitrogen and oxygen atoms in total. The molecule has 1 aromatic rings. The summed E-state index contributed by atoms with van der Waals surface area (Å²) in [5, 5.41) is 10.1. The third-order valence-corrected chi connectivity index (χ3v) is 3.05. The normalized spacial score (nSPS) is 13.8. The number of aliphatic hydroxyl groups excluding tert-OH is 1. The van der Waals surface area contributed by atoms with Crippen LogP contribution in [0.3, 0.4) is 0 Å².